The van der Waals surface area contributed by atoms with Crippen LogP contribution in [0.25, 0.3) is 16.8 Å². The van der Waals surface area contributed by atoms with Gasteiger partial charge in [-0.05, 0) is 29.7 Å². The molecule has 0 saturated heterocycles. The maximum absolute atomic E-state index is 12.5. The second-order valence-corrected chi connectivity index (χ2v) is 6.83. The van der Waals surface area contributed by atoms with E-state index in [9.17, 15) is 4.79 Å². The van der Waals surface area contributed by atoms with Gasteiger partial charge in [-0.15, -0.1) is 0 Å². The molecule has 0 bridgehead atoms. The van der Waals surface area contributed by atoms with Crippen LogP contribution in [0.5, 0.6) is 0 Å². The molecule has 0 atom stereocenters. The molecular weight excluding hydrogens is 335 g/mol. The first-order chi connectivity index (χ1) is 13.1. The van der Waals surface area contributed by atoms with Crippen molar-refractivity contribution in [2.45, 2.75) is 6.42 Å². The summed E-state index contributed by atoms with van der Waals surface area (Å²) in [5, 5.41) is 0. The zero-order chi connectivity index (χ0) is 18.8. The third-order valence-corrected chi connectivity index (χ3v) is 5.01. The van der Waals surface area contributed by atoms with E-state index in [0.717, 1.165) is 25.1 Å². The van der Waals surface area contributed by atoms with Crippen LogP contribution in [0.15, 0.2) is 65.7 Å². The van der Waals surface area contributed by atoms with Gasteiger partial charge in [0.15, 0.2) is 0 Å². The smallest absolute Gasteiger partial charge is 0.255 e. The van der Waals surface area contributed by atoms with Crippen molar-refractivity contribution < 1.29 is 0 Å². The molecule has 1 aliphatic rings. The topological polar surface area (TPSA) is 51.0 Å². The van der Waals surface area contributed by atoms with Crippen molar-refractivity contribution in [3.63, 3.8) is 0 Å². The van der Waals surface area contributed by atoms with Crippen LogP contribution in [-0.2, 0) is 7.05 Å². The lowest BCUT2D eigenvalue weighted by atomic mass is 9.86. The summed E-state index contributed by atoms with van der Waals surface area (Å²) in [5.74, 6) is 0.702. The summed E-state index contributed by atoms with van der Waals surface area (Å²) in [6.45, 7) is 1.58. The molecule has 0 unspecified atom stereocenters. The Morgan fingerprint density at radius 1 is 1.11 bits per heavy atom. The maximum Gasteiger partial charge on any atom is 0.255 e. The van der Waals surface area contributed by atoms with Gasteiger partial charge in [-0.25, -0.2) is 4.98 Å². The normalized spacial score (nSPS) is 14.1. The van der Waals surface area contributed by atoms with Crippen LogP contribution >= 0.6 is 0 Å². The molecule has 0 spiro atoms. The quantitative estimate of drug-likeness (QED) is 0.666. The molecule has 0 amide bonds. The minimum absolute atomic E-state index is 0.0567. The van der Waals surface area contributed by atoms with E-state index in [4.69, 9.17) is 4.98 Å². The Labute approximate surface area is 159 Å². The van der Waals surface area contributed by atoms with Crippen LogP contribution in [0.2, 0.25) is 0 Å². The molecule has 1 aromatic carbocycles. The van der Waals surface area contributed by atoms with Gasteiger partial charge in [0.1, 0.15) is 7.85 Å². The Morgan fingerprint density at radius 3 is 2.67 bits per heavy atom. The fourth-order valence-electron chi connectivity index (χ4n) is 3.52. The molecule has 0 fully saturated rings. The van der Waals surface area contributed by atoms with E-state index < -0.39 is 0 Å². The molecular formula is C21H21BN4O. The molecule has 6 heteroatoms. The van der Waals surface area contributed by atoms with Crippen LogP contribution in [0.3, 0.4) is 0 Å². The highest BCUT2D eigenvalue weighted by atomic mass is 16.1. The van der Waals surface area contributed by atoms with Crippen molar-refractivity contribution in [1.82, 2.24) is 14.5 Å². The Morgan fingerprint density at radius 2 is 1.89 bits per heavy atom. The number of hydrogen-bond acceptors (Lipinski definition) is 4. The molecule has 3 heterocycles. The molecule has 0 saturated carbocycles. The zero-order valence-corrected chi connectivity index (χ0v) is 15.6. The molecule has 1 aliphatic heterocycles. The van der Waals surface area contributed by atoms with Crippen LogP contribution in [-0.4, -0.2) is 35.5 Å². The van der Waals surface area contributed by atoms with E-state index in [0.29, 0.717) is 11.6 Å². The molecule has 4 rings (SSSR count). The monoisotopic (exact) mass is 356 g/mol. The van der Waals surface area contributed by atoms with Gasteiger partial charge in [-0.2, -0.15) is 0 Å². The number of aromatic nitrogens is 3. The minimum Gasteiger partial charge on any atom is -0.338 e. The van der Waals surface area contributed by atoms with Gasteiger partial charge in [-0.1, -0.05) is 35.8 Å². The largest absolute Gasteiger partial charge is 0.338 e. The van der Waals surface area contributed by atoms with Crippen LogP contribution in [0.4, 0.5) is 5.95 Å². The number of rotatable bonds is 3. The minimum atomic E-state index is -0.0567. The number of anilines is 1. The summed E-state index contributed by atoms with van der Waals surface area (Å²) in [5.41, 5.74) is 5.33. The zero-order valence-electron chi connectivity index (χ0n) is 15.6. The third-order valence-electron chi connectivity index (χ3n) is 5.01. The van der Waals surface area contributed by atoms with Crippen LogP contribution in [0, 0.1) is 0 Å². The third kappa shape index (κ3) is 3.43. The van der Waals surface area contributed by atoms with Crippen molar-refractivity contribution in [2.24, 2.45) is 7.05 Å². The molecule has 27 heavy (non-hydrogen) atoms. The number of benzene rings is 1. The second-order valence-electron chi connectivity index (χ2n) is 6.83. The fraction of sp³-hybridized carbons (Fsp3) is 0.190. The number of hydrogen-bond donors (Lipinski definition) is 0. The van der Waals surface area contributed by atoms with Crippen LogP contribution < -0.4 is 15.9 Å². The standard InChI is InChI=1S/C21H21BN4O/c1-25-20(27)13-19(15-8-10-23-11-9-15)24-21(25)26-12-4-5-16(14-26)17-6-2-3-7-18(17)22/h2-3,5-11,13H,4,12,14,22H2,1H3. The summed E-state index contributed by atoms with van der Waals surface area (Å²) >= 11 is 0. The SMILES string of the molecule is Bc1ccccc1C1=CCCN(c2nc(-c3ccncc3)cc(=O)n2C)C1. The average Bonchev–Trinajstić information content (AvgIpc) is 2.71. The molecule has 134 valence electrons. The van der Waals surface area contributed by atoms with Crippen molar-refractivity contribution in [2.75, 3.05) is 18.0 Å². The van der Waals surface area contributed by atoms with Crippen molar-refractivity contribution in [1.29, 1.82) is 0 Å². The van der Waals surface area contributed by atoms with Gasteiger partial charge in [0.2, 0.25) is 5.95 Å². The van der Waals surface area contributed by atoms with E-state index >= 15 is 0 Å². The summed E-state index contributed by atoms with van der Waals surface area (Å²) in [7, 11) is 3.92. The van der Waals surface area contributed by atoms with Crippen molar-refractivity contribution in [3.05, 3.63) is 76.9 Å². The van der Waals surface area contributed by atoms with Gasteiger partial charge < -0.3 is 4.90 Å². The highest BCUT2D eigenvalue weighted by molar-refractivity contribution is 6.34. The maximum atomic E-state index is 12.5. The molecule has 2 aromatic heterocycles. The summed E-state index contributed by atoms with van der Waals surface area (Å²) in [6, 6.07) is 13.8. The van der Waals surface area contributed by atoms with Gasteiger partial charge in [0.25, 0.3) is 5.56 Å². The number of pyridine rings is 1. The Kier molecular flexibility index (Phi) is 4.63. The van der Waals surface area contributed by atoms with Gasteiger partial charge in [-0.3, -0.25) is 14.3 Å². The first-order valence-electron chi connectivity index (χ1n) is 9.12. The van der Waals surface area contributed by atoms with E-state index in [-0.39, 0.29) is 5.56 Å². The predicted octanol–water partition coefficient (Wildman–Crippen LogP) is 1.39. The Hall–Kier alpha value is -3.15. The summed E-state index contributed by atoms with van der Waals surface area (Å²) in [6.07, 6.45) is 6.66. The lowest BCUT2D eigenvalue weighted by molar-refractivity contribution is 0.727. The number of nitrogens with zero attached hydrogens (tertiary/aromatic N) is 4. The highest BCUT2D eigenvalue weighted by Crippen LogP contribution is 2.24. The Balaban J connectivity index is 1.72. The molecule has 0 aliphatic carbocycles. The first kappa shape index (κ1) is 17.3. The Bertz CT molecular complexity index is 1060. The predicted molar refractivity (Wildman–Crippen MR) is 112 cm³/mol. The van der Waals surface area contributed by atoms with E-state index in [1.165, 1.54) is 16.6 Å². The van der Waals surface area contributed by atoms with E-state index in [1.807, 2.05) is 12.1 Å². The first-order valence-corrected chi connectivity index (χ1v) is 9.12. The summed E-state index contributed by atoms with van der Waals surface area (Å²) in [4.78, 5) is 23.6. The second kappa shape index (κ2) is 7.23. The van der Waals surface area contributed by atoms with Gasteiger partial charge in [0.05, 0.1) is 5.69 Å². The molecule has 0 N–H and O–H groups in total. The summed E-state index contributed by atoms with van der Waals surface area (Å²) < 4.78 is 1.63. The van der Waals surface area contributed by atoms with Crippen molar-refractivity contribution in [3.8, 4) is 11.3 Å². The van der Waals surface area contributed by atoms with Gasteiger partial charge >= 0.3 is 0 Å². The molecule has 0 radical (unpaired) electrons. The van der Waals surface area contributed by atoms with Gasteiger partial charge in [0, 0.05) is 44.2 Å². The van der Waals surface area contributed by atoms with E-state index in [2.05, 4.69) is 48.1 Å². The van der Waals surface area contributed by atoms with Crippen LogP contribution in [0.1, 0.15) is 12.0 Å². The lowest BCUT2D eigenvalue weighted by Crippen LogP contribution is -2.36. The highest BCUT2D eigenvalue weighted by Gasteiger charge is 2.20. The fourth-order valence-corrected chi connectivity index (χ4v) is 3.52. The molecule has 5 nitrogen and oxygen atoms in total. The lowest BCUT2D eigenvalue weighted by Gasteiger charge is -2.30. The molecule has 3 aromatic rings. The van der Waals surface area contributed by atoms with E-state index in [1.54, 1.807) is 30.1 Å². The van der Waals surface area contributed by atoms with Crippen molar-refractivity contribution >= 4 is 24.8 Å². The average molecular weight is 356 g/mol.